The van der Waals surface area contributed by atoms with E-state index < -0.39 is 24.5 Å². The van der Waals surface area contributed by atoms with Crippen molar-refractivity contribution in [3.63, 3.8) is 0 Å². The number of carbonyl (C=O) groups is 3. The van der Waals surface area contributed by atoms with E-state index in [-0.39, 0.29) is 11.8 Å². The Morgan fingerprint density at radius 1 is 1.14 bits per heavy atom. The molecule has 0 radical (unpaired) electrons. The molecule has 2 amide bonds. The fourth-order valence-corrected chi connectivity index (χ4v) is 3.29. The summed E-state index contributed by atoms with van der Waals surface area (Å²) in [6.45, 7) is 4.03. The first-order chi connectivity index (χ1) is 13.9. The average Bonchev–Trinajstić information content (AvgIpc) is 3.25. The van der Waals surface area contributed by atoms with Gasteiger partial charge < -0.3 is 24.8 Å². The quantitative estimate of drug-likeness (QED) is 0.670. The van der Waals surface area contributed by atoms with Crippen LogP contribution in [0.3, 0.4) is 0 Å². The Morgan fingerprint density at radius 3 is 2.59 bits per heavy atom. The van der Waals surface area contributed by atoms with Gasteiger partial charge in [-0.05, 0) is 29.5 Å². The van der Waals surface area contributed by atoms with Gasteiger partial charge in [0.05, 0.1) is 4.88 Å². The van der Waals surface area contributed by atoms with Gasteiger partial charge in [-0.1, -0.05) is 19.9 Å². The molecule has 0 aliphatic carbocycles. The van der Waals surface area contributed by atoms with E-state index in [4.69, 9.17) is 14.2 Å². The topological polar surface area (TPSA) is 103 Å². The van der Waals surface area contributed by atoms with E-state index in [2.05, 4.69) is 10.6 Å². The molecule has 0 fully saturated rings. The Kier molecular flexibility index (Phi) is 6.71. The number of amides is 2. The minimum Gasteiger partial charge on any atom is -0.486 e. The predicted molar refractivity (Wildman–Crippen MR) is 107 cm³/mol. The standard InChI is InChI=1S/C20H22N2O6S/c1-12(2)18(22-19(24)16-4-3-9-29-16)20(25)28-11-17(23)21-13-5-6-14-15(10-13)27-8-7-26-14/h3-6,9-10,12,18H,7-8,11H2,1-2H3,(H,21,23)(H,22,24)/t18-/m0/s1. The van der Waals surface area contributed by atoms with Crippen LogP contribution in [0, 0.1) is 5.92 Å². The van der Waals surface area contributed by atoms with Crippen molar-refractivity contribution < 1.29 is 28.6 Å². The smallest absolute Gasteiger partial charge is 0.329 e. The fraction of sp³-hybridized carbons (Fsp3) is 0.350. The van der Waals surface area contributed by atoms with Crippen LogP contribution < -0.4 is 20.1 Å². The molecule has 0 unspecified atom stereocenters. The van der Waals surface area contributed by atoms with Gasteiger partial charge in [-0.25, -0.2) is 4.79 Å². The van der Waals surface area contributed by atoms with Crippen molar-refractivity contribution >= 4 is 34.8 Å². The molecule has 2 aromatic rings. The maximum atomic E-state index is 12.4. The first-order valence-electron chi connectivity index (χ1n) is 9.14. The summed E-state index contributed by atoms with van der Waals surface area (Å²) in [5.74, 6) is -0.558. The minimum atomic E-state index is -0.855. The van der Waals surface area contributed by atoms with Crippen molar-refractivity contribution in [2.75, 3.05) is 25.1 Å². The fourth-order valence-electron chi connectivity index (χ4n) is 2.66. The van der Waals surface area contributed by atoms with E-state index in [1.807, 2.05) is 0 Å². The molecule has 1 aromatic heterocycles. The van der Waals surface area contributed by atoms with Gasteiger partial charge in [0.2, 0.25) is 0 Å². The lowest BCUT2D eigenvalue weighted by Gasteiger charge is -2.20. The monoisotopic (exact) mass is 418 g/mol. The molecule has 1 aromatic carbocycles. The van der Waals surface area contributed by atoms with Gasteiger partial charge in [-0.15, -0.1) is 11.3 Å². The van der Waals surface area contributed by atoms with Crippen LogP contribution in [0.1, 0.15) is 23.5 Å². The van der Waals surface area contributed by atoms with Crippen molar-refractivity contribution in [1.29, 1.82) is 0 Å². The predicted octanol–water partition coefficient (Wildman–Crippen LogP) is 2.46. The van der Waals surface area contributed by atoms with Crippen LogP contribution >= 0.6 is 11.3 Å². The Morgan fingerprint density at radius 2 is 1.90 bits per heavy atom. The lowest BCUT2D eigenvalue weighted by Crippen LogP contribution is -2.45. The number of fused-ring (bicyclic) bond motifs is 1. The Hall–Kier alpha value is -3.07. The van der Waals surface area contributed by atoms with Crippen LogP contribution in [-0.4, -0.2) is 43.6 Å². The Balaban J connectivity index is 1.52. The maximum absolute atomic E-state index is 12.4. The molecule has 0 bridgehead atoms. The zero-order chi connectivity index (χ0) is 20.8. The van der Waals surface area contributed by atoms with Gasteiger partial charge in [0, 0.05) is 11.8 Å². The third kappa shape index (κ3) is 5.47. The molecule has 2 heterocycles. The summed E-state index contributed by atoms with van der Waals surface area (Å²) < 4.78 is 16.0. The molecule has 1 atom stereocenters. The molecule has 0 saturated heterocycles. The third-order valence-corrected chi connectivity index (χ3v) is 4.99. The van der Waals surface area contributed by atoms with E-state index in [1.54, 1.807) is 49.6 Å². The highest BCUT2D eigenvalue weighted by atomic mass is 32.1. The zero-order valence-corrected chi connectivity index (χ0v) is 16.9. The molecular formula is C20H22N2O6S. The Labute approximate surface area is 172 Å². The van der Waals surface area contributed by atoms with Crippen LogP contribution in [0.2, 0.25) is 0 Å². The SMILES string of the molecule is CC(C)[C@H](NC(=O)c1cccs1)C(=O)OCC(=O)Nc1ccc2c(c1)OCCO2. The molecule has 0 spiro atoms. The van der Waals surface area contributed by atoms with Crippen molar-refractivity contribution in [2.45, 2.75) is 19.9 Å². The number of hydrogen-bond acceptors (Lipinski definition) is 7. The summed E-state index contributed by atoms with van der Waals surface area (Å²) in [5, 5.41) is 7.08. The lowest BCUT2D eigenvalue weighted by molar-refractivity contribution is -0.150. The highest BCUT2D eigenvalue weighted by molar-refractivity contribution is 7.12. The second-order valence-electron chi connectivity index (χ2n) is 6.69. The van der Waals surface area contributed by atoms with Gasteiger partial charge >= 0.3 is 5.97 Å². The summed E-state index contributed by atoms with van der Waals surface area (Å²) in [5.41, 5.74) is 0.502. The highest BCUT2D eigenvalue weighted by Crippen LogP contribution is 2.32. The summed E-state index contributed by atoms with van der Waals surface area (Å²) in [4.78, 5) is 37.2. The molecule has 154 valence electrons. The second-order valence-corrected chi connectivity index (χ2v) is 7.63. The van der Waals surface area contributed by atoms with Crippen LogP contribution in [0.25, 0.3) is 0 Å². The van der Waals surface area contributed by atoms with E-state index in [1.165, 1.54) is 11.3 Å². The van der Waals surface area contributed by atoms with Crippen LogP contribution in [0.4, 0.5) is 5.69 Å². The van der Waals surface area contributed by atoms with Gasteiger partial charge in [0.25, 0.3) is 11.8 Å². The molecular weight excluding hydrogens is 396 g/mol. The molecule has 8 nitrogen and oxygen atoms in total. The van der Waals surface area contributed by atoms with Gasteiger partial charge in [0.1, 0.15) is 19.3 Å². The summed E-state index contributed by atoms with van der Waals surface area (Å²) in [7, 11) is 0. The molecule has 2 N–H and O–H groups in total. The van der Waals surface area contributed by atoms with Gasteiger partial charge in [0.15, 0.2) is 18.1 Å². The number of nitrogens with one attached hydrogen (secondary N) is 2. The third-order valence-electron chi connectivity index (χ3n) is 4.12. The molecule has 3 rings (SSSR count). The molecule has 1 aliphatic rings. The summed E-state index contributed by atoms with van der Waals surface area (Å²) in [6.07, 6.45) is 0. The van der Waals surface area contributed by atoms with E-state index in [9.17, 15) is 14.4 Å². The first kappa shape index (κ1) is 20.7. The van der Waals surface area contributed by atoms with Gasteiger partial charge in [-0.2, -0.15) is 0 Å². The second kappa shape index (κ2) is 9.42. The van der Waals surface area contributed by atoms with Crippen molar-refractivity contribution in [3.05, 3.63) is 40.6 Å². The normalized spacial score (nSPS) is 13.5. The van der Waals surface area contributed by atoms with E-state index >= 15 is 0 Å². The Bertz CT molecular complexity index is 881. The largest absolute Gasteiger partial charge is 0.486 e. The maximum Gasteiger partial charge on any atom is 0.329 e. The van der Waals surface area contributed by atoms with Crippen molar-refractivity contribution in [2.24, 2.45) is 5.92 Å². The van der Waals surface area contributed by atoms with Crippen LogP contribution in [0.5, 0.6) is 11.5 Å². The number of thiophene rings is 1. The minimum absolute atomic E-state index is 0.202. The highest BCUT2D eigenvalue weighted by Gasteiger charge is 2.27. The number of hydrogen-bond donors (Lipinski definition) is 2. The first-order valence-corrected chi connectivity index (χ1v) is 10.0. The van der Waals surface area contributed by atoms with E-state index in [0.29, 0.717) is 35.3 Å². The molecule has 9 heteroatoms. The summed E-state index contributed by atoms with van der Waals surface area (Å²) in [6, 6.07) is 7.59. The van der Waals surface area contributed by atoms with Crippen LogP contribution in [-0.2, 0) is 14.3 Å². The summed E-state index contributed by atoms with van der Waals surface area (Å²) >= 11 is 1.28. The lowest BCUT2D eigenvalue weighted by atomic mass is 10.0. The van der Waals surface area contributed by atoms with Crippen molar-refractivity contribution in [1.82, 2.24) is 5.32 Å². The number of carbonyl (C=O) groups excluding carboxylic acids is 3. The zero-order valence-electron chi connectivity index (χ0n) is 16.1. The number of benzene rings is 1. The number of esters is 1. The number of anilines is 1. The van der Waals surface area contributed by atoms with Crippen LogP contribution in [0.15, 0.2) is 35.7 Å². The van der Waals surface area contributed by atoms with Crippen molar-refractivity contribution in [3.8, 4) is 11.5 Å². The number of ether oxygens (including phenoxy) is 3. The van der Waals surface area contributed by atoms with E-state index in [0.717, 1.165) is 0 Å². The molecule has 29 heavy (non-hydrogen) atoms. The average molecular weight is 418 g/mol. The molecule has 1 aliphatic heterocycles. The number of rotatable bonds is 7. The molecule has 0 saturated carbocycles. The van der Waals surface area contributed by atoms with Gasteiger partial charge in [-0.3, -0.25) is 9.59 Å².